The van der Waals surface area contributed by atoms with Crippen molar-refractivity contribution in [2.24, 2.45) is 5.73 Å². The van der Waals surface area contributed by atoms with E-state index in [4.69, 9.17) is 15.2 Å². The fourth-order valence-electron chi connectivity index (χ4n) is 1.84. The lowest BCUT2D eigenvalue weighted by Gasteiger charge is -2.11. The molecule has 0 aliphatic rings. The molecule has 0 heterocycles. The third kappa shape index (κ3) is 3.74. The maximum atomic E-state index is 12.0. The van der Waals surface area contributed by atoms with Crippen LogP contribution in [-0.2, 0) is 0 Å². The Bertz CT molecular complexity index is 404. The van der Waals surface area contributed by atoms with Gasteiger partial charge in [-0.3, -0.25) is 4.79 Å². The van der Waals surface area contributed by atoms with Crippen LogP contribution in [0.3, 0.4) is 0 Å². The lowest BCUT2D eigenvalue weighted by molar-refractivity contribution is 0.0973. The van der Waals surface area contributed by atoms with Crippen LogP contribution in [0.2, 0.25) is 0 Å². The minimum Gasteiger partial charge on any atom is -0.493 e. The number of nitrogens with two attached hydrogens (primary N) is 1. The van der Waals surface area contributed by atoms with E-state index in [0.717, 1.165) is 12.8 Å². The van der Waals surface area contributed by atoms with Crippen molar-refractivity contribution in [2.45, 2.75) is 32.2 Å². The molecule has 18 heavy (non-hydrogen) atoms. The van der Waals surface area contributed by atoms with Crippen molar-refractivity contribution in [1.82, 2.24) is 0 Å². The first kappa shape index (κ1) is 14.5. The molecular formula is C14H21NO3. The average Bonchev–Trinajstić information content (AvgIpc) is 2.38. The molecule has 0 saturated heterocycles. The van der Waals surface area contributed by atoms with Crippen LogP contribution in [0.25, 0.3) is 0 Å². The number of benzene rings is 1. The van der Waals surface area contributed by atoms with E-state index in [1.807, 2.05) is 0 Å². The van der Waals surface area contributed by atoms with E-state index in [9.17, 15) is 4.79 Å². The largest absolute Gasteiger partial charge is 0.493 e. The molecule has 0 spiro atoms. The minimum absolute atomic E-state index is 0.0388. The van der Waals surface area contributed by atoms with Gasteiger partial charge in [-0.15, -0.1) is 0 Å². The molecule has 1 atom stereocenters. The summed E-state index contributed by atoms with van der Waals surface area (Å²) in [7, 11) is 3.12. The Hall–Kier alpha value is -1.55. The average molecular weight is 251 g/mol. The maximum Gasteiger partial charge on any atom is 0.164 e. The first-order valence-corrected chi connectivity index (χ1v) is 6.13. The lowest BCUT2D eigenvalue weighted by Crippen LogP contribution is -2.23. The van der Waals surface area contributed by atoms with Gasteiger partial charge in [-0.2, -0.15) is 0 Å². The number of hydrogen-bond acceptors (Lipinski definition) is 4. The summed E-state index contributed by atoms with van der Waals surface area (Å²) in [4.78, 5) is 12.0. The van der Waals surface area contributed by atoms with Gasteiger partial charge in [0.25, 0.3) is 0 Å². The van der Waals surface area contributed by atoms with Crippen molar-refractivity contribution in [1.29, 1.82) is 0 Å². The summed E-state index contributed by atoms with van der Waals surface area (Å²) in [5.74, 6) is 1.22. The van der Waals surface area contributed by atoms with E-state index in [1.54, 1.807) is 32.4 Å². The molecule has 0 radical (unpaired) electrons. The van der Waals surface area contributed by atoms with Crippen LogP contribution in [0.4, 0.5) is 0 Å². The van der Waals surface area contributed by atoms with E-state index >= 15 is 0 Å². The molecule has 1 unspecified atom stereocenters. The Morgan fingerprint density at radius 2 is 1.94 bits per heavy atom. The van der Waals surface area contributed by atoms with Crippen molar-refractivity contribution >= 4 is 5.78 Å². The van der Waals surface area contributed by atoms with Gasteiger partial charge in [0.2, 0.25) is 0 Å². The molecule has 1 aromatic carbocycles. The Kier molecular flexibility index (Phi) is 5.65. The number of ether oxygens (including phenoxy) is 2. The van der Waals surface area contributed by atoms with Gasteiger partial charge in [0, 0.05) is 18.0 Å². The van der Waals surface area contributed by atoms with E-state index in [1.165, 1.54) is 0 Å². The number of rotatable bonds is 7. The molecule has 0 aliphatic carbocycles. The Morgan fingerprint density at radius 3 is 2.50 bits per heavy atom. The quantitative estimate of drug-likeness (QED) is 0.756. The second-order valence-corrected chi connectivity index (χ2v) is 4.25. The van der Waals surface area contributed by atoms with Crippen LogP contribution in [0.1, 0.15) is 36.5 Å². The van der Waals surface area contributed by atoms with Gasteiger partial charge in [-0.05, 0) is 24.6 Å². The zero-order valence-corrected chi connectivity index (χ0v) is 11.2. The fourth-order valence-corrected chi connectivity index (χ4v) is 1.84. The van der Waals surface area contributed by atoms with Crippen molar-refractivity contribution in [3.8, 4) is 11.5 Å². The number of carbonyl (C=O) groups excluding carboxylic acids is 1. The van der Waals surface area contributed by atoms with Gasteiger partial charge in [0.1, 0.15) is 0 Å². The van der Waals surface area contributed by atoms with Crippen LogP contribution in [0, 0.1) is 0 Å². The number of methoxy groups -OCH3 is 2. The molecular weight excluding hydrogens is 230 g/mol. The second kappa shape index (κ2) is 7.01. The van der Waals surface area contributed by atoms with E-state index in [2.05, 4.69) is 6.92 Å². The molecule has 0 saturated carbocycles. The van der Waals surface area contributed by atoms with E-state index in [0.29, 0.717) is 23.5 Å². The molecule has 0 bridgehead atoms. The van der Waals surface area contributed by atoms with Crippen LogP contribution >= 0.6 is 0 Å². The van der Waals surface area contributed by atoms with Gasteiger partial charge in [-0.25, -0.2) is 0 Å². The number of ketones is 1. The summed E-state index contributed by atoms with van der Waals surface area (Å²) in [5, 5.41) is 0. The third-order valence-corrected chi connectivity index (χ3v) is 2.81. The van der Waals surface area contributed by atoms with Crippen LogP contribution in [0.5, 0.6) is 11.5 Å². The van der Waals surface area contributed by atoms with Gasteiger partial charge < -0.3 is 15.2 Å². The predicted molar refractivity (Wildman–Crippen MR) is 71.4 cm³/mol. The summed E-state index contributed by atoms with van der Waals surface area (Å²) in [5.41, 5.74) is 6.48. The van der Waals surface area contributed by atoms with Gasteiger partial charge in [0.15, 0.2) is 17.3 Å². The molecule has 0 amide bonds. The predicted octanol–water partition coefficient (Wildman–Crippen LogP) is 2.40. The van der Waals surface area contributed by atoms with Crippen LogP contribution in [-0.4, -0.2) is 26.0 Å². The zero-order valence-electron chi connectivity index (χ0n) is 11.2. The van der Waals surface area contributed by atoms with Gasteiger partial charge in [-0.1, -0.05) is 13.3 Å². The molecule has 100 valence electrons. The molecule has 1 aromatic rings. The van der Waals surface area contributed by atoms with Crippen molar-refractivity contribution in [3.05, 3.63) is 23.8 Å². The van der Waals surface area contributed by atoms with Crippen LogP contribution < -0.4 is 15.2 Å². The maximum absolute atomic E-state index is 12.0. The highest BCUT2D eigenvalue weighted by Crippen LogP contribution is 2.28. The number of carbonyl (C=O) groups is 1. The van der Waals surface area contributed by atoms with Crippen LogP contribution in [0.15, 0.2) is 18.2 Å². The molecule has 0 aromatic heterocycles. The highest BCUT2D eigenvalue weighted by Gasteiger charge is 2.13. The van der Waals surface area contributed by atoms with Crippen molar-refractivity contribution in [2.75, 3.05) is 14.2 Å². The molecule has 2 N–H and O–H groups in total. The monoisotopic (exact) mass is 251 g/mol. The Morgan fingerprint density at radius 1 is 1.28 bits per heavy atom. The second-order valence-electron chi connectivity index (χ2n) is 4.25. The number of Topliss-reactive ketones (excluding diaryl/α,β-unsaturated/α-hetero) is 1. The summed E-state index contributed by atoms with van der Waals surface area (Å²) < 4.78 is 10.3. The number of hydrogen-bond donors (Lipinski definition) is 1. The van der Waals surface area contributed by atoms with Gasteiger partial charge in [0.05, 0.1) is 14.2 Å². The fraction of sp³-hybridized carbons (Fsp3) is 0.500. The summed E-state index contributed by atoms with van der Waals surface area (Å²) >= 11 is 0. The minimum atomic E-state index is -0.0735. The van der Waals surface area contributed by atoms with Gasteiger partial charge >= 0.3 is 0 Å². The van der Waals surface area contributed by atoms with Crippen molar-refractivity contribution in [3.63, 3.8) is 0 Å². The smallest absolute Gasteiger partial charge is 0.164 e. The topological polar surface area (TPSA) is 61.6 Å². The molecule has 0 aliphatic heterocycles. The highest BCUT2D eigenvalue weighted by atomic mass is 16.5. The zero-order chi connectivity index (χ0) is 13.5. The van der Waals surface area contributed by atoms with Crippen molar-refractivity contribution < 1.29 is 14.3 Å². The third-order valence-electron chi connectivity index (χ3n) is 2.81. The Balaban J connectivity index is 2.80. The summed E-state index contributed by atoms with van der Waals surface area (Å²) in [6.45, 7) is 2.06. The highest BCUT2D eigenvalue weighted by molar-refractivity contribution is 5.97. The molecule has 0 fully saturated rings. The first-order valence-electron chi connectivity index (χ1n) is 6.13. The Labute approximate surface area is 108 Å². The first-order chi connectivity index (χ1) is 8.62. The summed E-state index contributed by atoms with van der Waals surface area (Å²) in [6, 6.07) is 5.09. The molecule has 1 rings (SSSR count). The standard InChI is InChI=1S/C14H21NO3/c1-4-5-11(15)9-12(16)10-6-7-13(17-2)14(8-10)18-3/h6-8,11H,4-5,9,15H2,1-3H3. The van der Waals surface area contributed by atoms with E-state index in [-0.39, 0.29) is 11.8 Å². The normalized spacial score (nSPS) is 12.0. The molecule has 4 heteroatoms. The van der Waals surface area contributed by atoms with E-state index < -0.39 is 0 Å². The molecule has 4 nitrogen and oxygen atoms in total. The SMILES string of the molecule is CCCC(N)CC(=O)c1ccc(OC)c(OC)c1. The summed E-state index contributed by atoms with van der Waals surface area (Å²) in [6.07, 6.45) is 2.21. The lowest BCUT2D eigenvalue weighted by atomic mass is 10.0.